The van der Waals surface area contributed by atoms with Crippen LogP contribution in [0, 0.1) is 42.9 Å². The summed E-state index contributed by atoms with van der Waals surface area (Å²) >= 11 is 0. The summed E-state index contributed by atoms with van der Waals surface area (Å²) in [6, 6.07) is 15.6. The molecule has 0 spiro atoms. The normalized spacial score (nSPS) is 17.2. The van der Waals surface area contributed by atoms with Gasteiger partial charge in [-0.05, 0) is 132 Å². The predicted octanol–water partition coefficient (Wildman–Crippen LogP) is 10.6. The molecule has 3 aromatic rings. The molecule has 0 aliphatic rings. The van der Waals surface area contributed by atoms with Gasteiger partial charge in [0.1, 0.15) is 11.6 Å². The fourth-order valence-electron chi connectivity index (χ4n) is 10.4. The van der Waals surface area contributed by atoms with Crippen LogP contribution < -0.4 is 21.4 Å². The van der Waals surface area contributed by atoms with Crippen molar-refractivity contribution in [2.75, 3.05) is 13.7 Å². The number of carbonyl (C=O) groups excluding carboxylic acids is 4. The Balaban J connectivity index is 2.43. The number of nitrogens with zero attached hydrogens (tertiary/aromatic N) is 2. The lowest BCUT2D eigenvalue weighted by atomic mass is 9.55. The summed E-state index contributed by atoms with van der Waals surface area (Å²) < 4.78 is 18.9. The van der Waals surface area contributed by atoms with Crippen LogP contribution in [0.15, 0.2) is 60.8 Å². The number of hydrogen-bond acceptors (Lipinski definition) is 9. The van der Waals surface area contributed by atoms with Crippen molar-refractivity contribution >= 4 is 24.0 Å². The van der Waals surface area contributed by atoms with Crippen molar-refractivity contribution in [2.45, 2.75) is 192 Å². The Bertz CT molecular complexity index is 2330. The lowest BCUT2D eigenvalue weighted by Crippen LogP contribution is -2.73. The molecule has 0 aliphatic heterocycles. The van der Waals surface area contributed by atoms with Gasteiger partial charge in [-0.2, -0.15) is 0 Å². The first-order valence-electron chi connectivity index (χ1n) is 25.0. The number of amides is 4. The number of aryl methyl sites for hydroxylation is 3. The first-order chi connectivity index (χ1) is 31.9. The van der Waals surface area contributed by atoms with Crippen LogP contribution in [0.5, 0.6) is 0 Å². The smallest absolute Gasteiger partial charge is 0.408 e. The Morgan fingerprint density at radius 1 is 0.768 bits per heavy atom. The van der Waals surface area contributed by atoms with Gasteiger partial charge < -0.3 is 30.5 Å². The molecule has 384 valence electrons. The van der Waals surface area contributed by atoms with Gasteiger partial charge in [-0.25, -0.2) is 14.6 Å². The summed E-state index contributed by atoms with van der Waals surface area (Å²) in [5, 5.41) is 24.4. The first kappa shape index (κ1) is 56.6. The molecule has 4 amide bonds. The van der Waals surface area contributed by atoms with E-state index >= 15 is 9.59 Å². The summed E-state index contributed by atoms with van der Waals surface area (Å²) in [5.41, 5.74) is 1.56. The highest BCUT2D eigenvalue weighted by atomic mass is 16.6. The minimum absolute atomic E-state index is 0.0661. The summed E-state index contributed by atoms with van der Waals surface area (Å²) in [6.45, 7) is 37.6. The third-order valence-corrected chi connectivity index (χ3v) is 16.0. The lowest BCUT2D eigenvalue weighted by Gasteiger charge is -2.54. The Hall–Kier alpha value is -5.01. The number of hydrazine groups is 1. The second-order valence-electron chi connectivity index (χ2n) is 22.7. The molecular formula is C56H88N6O7. The molecule has 13 heteroatoms. The molecule has 1 aromatic heterocycles. The van der Waals surface area contributed by atoms with E-state index < -0.39 is 80.5 Å². The molecule has 5 N–H and O–H groups in total. The van der Waals surface area contributed by atoms with Crippen molar-refractivity contribution in [3.63, 3.8) is 0 Å². The van der Waals surface area contributed by atoms with E-state index in [0.717, 1.165) is 39.1 Å². The van der Waals surface area contributed by atoms with Crippen LogP contribution in [0.1, 0.15) is 160 Å². The third kappa shape index (κ3) is 12.3. The van der Waals surface area contributed by atoms with Gasteiger partial charge in [0, 0.05) is 29.1 Å². The van der Waals surface area contributed by atoms with Crippen LogP contribution in [0.4, 0.5) is 9.59 Å². The Morgan fingerprint density at radius 3 is 1.86 bits per heavy atom. The van der Waals surface area contributed by atoms with Crippen molar-refractivity contribution in [1.82, 2.24) is 31.4 Å². The summed E-state index contributed by atoms with van der Waals surface area (Å²) in [6.07, 6.45) is -0.557. The molecule has 13 nitrogen and oxygen atoms in total. The van der Waals surface area contributed by atoms with E-state index in [1.807, 2.05) is 159 Å². The molecule has 69 heavy (non-hydrogen) atoms. The highest BCUT2D eigenvalue weighted by Gasteiger charge is 2.58. The molecule has 3 rings (SSSR count). The minimum Gasteiger partial charge on any atom is -0.453 e. The van der Waals surface area contributed by atoms with E-state index in [0.29, 0.717) is 12.8 Å². The van der Waals surface area contributed by atoms with E-state index in [1.54, 1.807) is 25.1 Å². The molecule has 2 unspecified atom stereocenters. The first-order valence-corrected chi connectivity index (χ1v) is 24.5. The molecule has 0 fully saturated rings. The summed E-state index contributed by atoms with van der Waals surface area (Å²) in [7, 11) is 1.25. The number of aromatic nitrogens is 1. The van der Waals surface area contributed by atoms with Gasteiger partial charge >= 0.3 is 12.2 Å². The number of nitrogens with one attached hydrogen (secondary N) is 4. The average Bonchev–Trinajstić information content (AvgIpc) is 3.24. The molecule has 0 saturated heterocycles. The number of ether oxygens (including phenoxy) is 2. The number of methoxy groups -OCH3 is 1. The van der Waals surface area contributed by atoms with Gasteiger partial charge in [0.2, 0.25) is 5.91 Å². The fourth-order valence-corrected chi connectivity index (χ4v) is 10.4. The van der Waals surface area contributed by atoms with E-state index in [1.165, 1.54) is 21.0 Å². The van der Waals surface area contributed by atoms with Crippen LogP contribution >= 0.6 is 0 Å². The number of rotatable bonds is 20. The van der Waals surface area contributed by atoms with E-state index in [4.69, 9.17) is 10.8 Å². The van der Waals surface area contributed by atoms with Crippen LogP contribution in [0.25, 0.3) is 11.3 Å². The van der Waals surface area contributed by atoms with Crippen LogP contribution in [-0.2, 0) is 30.0 Å². The Kier molecular flexibility index (Phi) is 18.0. The summed E-state index contributed by atoms with van der Waals surface area (Å²) in [4.78, 5) is 62.3. The maximum absolute atomic E-state index is 15.7. The van der Waals surface area contributed by atoms with Crippen molar-refractivity contribution in [2.24, 2.45) is 22.2 Å². The Morgan fingerprint density at radius 2 is 1.36 bits per heavy atom. The molecule has 0 aliphatic carbocycles. The van der Waals surface area contributed by atoms with Crippen LogP contribution in [0.2, 0.25) is 0 Å². The number of pyridine rings is 1. The largest absolute Gasteiger partial charge is 0.453 e. The fraction of sp³-hybridized carbons (Fsp3) is 0.625. The zero-order chi connectivity index (χ0) is 53.8. The van der Waals surface area contributed by atoms with Crippen molar-refractivity contribution in [1.29, 1.82) is 0 Å². The second-order valence-corrected chi connectivity index (χ2v) is 22.7. The molecule has 2 aromatic carbocycles. The highest BCUT2D eigenvalue weighted by molar-refractivity contribution is 5.91. The number of alkyl carbamates (subject to hydrolysis) is 2. The van der Waals surface area contributed by atoms with Crippen molar-refractivity contribution < 1.29 is 35.1 Å². The zero-order valence-corrected chi connectivity index (χ0v) is 45.9. The number of hydrogen-bond donors (Lipinski definition) is 5. The maximum atomic E-state index is 15.7. The molecule has 0 bridgehead atoms. The average molecular weight is 958 g/mol. The monoisotopic (exact) mass is 958 g/mol. The van der Waals surface area contributed by atoms with Crippen molar-refractivity contribution in [3.05, 3.63) is 88.6 Å². The highest BCUT2D eigenvalue weighted by Crippen LogP contribution is 2.50. The van der Waals surface area contributed by atoms with Gasteiger partial charge in [-0.3, -0.25) is 20.0 Å². The standard InChI is InChI=1S/C56H88N6O7/c1-22-53(17,35(3)4)44(58-48(65)68-21)45(63)61-62(52(15,16)42-31-30-40(33-39(42)9)43-38(8)28-26-32-57-43)34-54(18,67)46(51(13,14)41-29-25-24-27-37(41)7)59-47(64)56(20,60-49(66)69-36(5)6)55(19,23-2)50(10,11)12/h24-33,35-36,44,46,67H,22-23,34H2,1-21H3,(H,58,65)(H,59,64)(H,60,66)(H,61,63)/t44-,46+,53?,54+,55?,56-/m1/s1/i36D. The van der Waals surface area contributed by atoms with Gasteiger partial charge in [-0.1, -0.05) is 119 Å². The van der Waals surface area contributed by atoms with Gasteiger partial charge in [0.15, 0.2) is 0 Å². The molecule has 6 atom stereocenters. The number of benzene rings is 2. The number of aliphatic hydroxyl groups is 1. The molecule has 0 saturated carbocycles. The molecule has 0 radical (unpaired) electrons. The summed E-state index contributed by atoms with van der Waals surface area (Å²) in [5.74, 6) is -1.17. The van der Waals surface area contributed by atoms with E-state index in [2.05, 4.69) is 32.4 Å². The van der Waals surface area contributed by atoms with Gasteiger partial charge in [0.25, 0.3) is 5.91 Å². The Labute approximate surface area is 416 Å². The maximum Gasteiger partial charge on any atom is 0.408 e. The third-order valence-electron chi connectivity index (χ3n) is 16.0. The molecule has 1 heterocycles. The topological polar surface area (TPSA) is 171 Å². The van der Waals surface area contributed by atoms with Gasteiger partial charge in [-0.15, -0.1) is 0 Å². The van der Waals surface area contributed by atoms with Crippen molar-refractivity contribution in [3.8, 4) is 11.3 Å². The second kappa shape index (κ2) is 22.0. The lowest BCUT2D eigenvalue weighted by molar-refractivity contribution is -0.146. The predicted molar refractivity (Wildman–Crippen MR) is 277 cm³/mol. The quantitative estimate of drug-likeness (QED) is 0.0692. The molecular weight excluding hydrogens is 869 g/mol. The zero-order valence-electron chi connectivity index (χ0n) is 46.9. The SMILES string of the molecule is [2H]C(C)(C)OC(=O)N[C@](C)(C(=O)N[C@@H](C(C)(C)c1ccccc1C)[C@@](C)(O)CN(NC(=O)[C@@H](NC(=O)OC)C(C)(CC)C(C)C)C(C)(C)c1ccc(-c2ncccc2C)cc1C)C(C)(CC)C(C)(C)C. The number of carbonyl (C=O) groups is 4. The van der Waals surface area contributed by atoms with Gasteiger partial charge in [0.05, 0.1) is 37.4 Å². The van der Waals surface area contributed by atoms with E-state index in [9.17, 15) is 14.7 Å². The van der Waals surface area contributed by atoms with Crippen LogP contribution in [-0.4, -0.2) is 82.1 Å². The van der Waals surface area contributed by atoms with E-state index in [-0.39, 0.29) is 12.5 Å². The minimum atomic E-state index is -1.89. The van der Waals surface area contributed by atoms with Crippen LogP contribution in [0.3, 0.4) is 0 Å².